The highest BCUT2D eigenvalue weighted by atomic mass is 32.2. The van der Waals surface area contributed by atoms with E-state index < -0.39 is 31.0 Å². The summed E-state index contributed by atoms with van der Waals surface area (Å²) in [5.41, 5.74) is 1.79. The first-order valence-corrected chi connectivity index (χ1v) is 14.6. The maximum atomic E-state index is 13.4. The molecule has 2 atom stereocenters. The lowest BCUT2D eigenvalue weighted by molar-refractivity contribution is -0.114. The zero-order chi connectivity index (χ0) is 23.6. The summed E-state index contributed by atoms with van der Waals surface area (Å²) in [6, 6.07) is 15.7. The van der Waals surface area contributed by atoms with E-state index in [2.05, 4.69) is 22.3 Å². The van der Waals surface area contributed by atoms with Crippen LogP contribution in [0.5, 0.6) is 0 Å². The van der Waals surface area contributed by atoms with E-state index in [1.54, 1.807) is 0 Å². The lowest BCUT2D eigenvalue weighted by Crippen LogP contribution is -2.49. The summed E-state index contributed by atoms with van der Waals surface area (Å²) < 4.78 is 51.9. The average molecular weight is 491 g/mol. The zero-order valence-electron chi connectivity index (χ0n) is 18.7. The van der Waals surface area contributed by atoms with Gasteiger partial charge in [-0.1, -0.05) is 30.3 Å². The third kappa shape index (κ3) is 5.65. The maximum Gasteiger partial charge on any atom is 0.221 e. The van der Waals surface area contributed by atoms with Crippen LogP contribution < -0.4 is 5.32 Å². The third-order valence-corrected chi connectivity index (χ3v) is 10.8. The number of amides is 1. The van der Waals surface area contributed by atoms with Crippen LogP contribution in [-0.2, 0) is 30.9 Å². The second-order valence-electron chi connectivity index (χ2n) is 9.10. The van der Waals surface area contributed by atoms with Gasteiger partial charge in [0.05, 0.1) is 21.7 Å². The Bertz CT molecular complexity index is 1190. The second-order valence-corrected chi connectivity index (χ2v) is 13.4. The van der Waals surface area contributed by atoms with E-state index in [9.17, 15) is 21.6 Å². The van der Waals surface area contributed by atoms with Crippen molar-refractivity contribution in [3.8, 4) is 0 Å². The molecule has 9 heteroatoms. The number of hydrogen-bond acceptors (Lipinski definition) is 6. The van der Waals surface area contributed by atoms with Gasteiger partial charge in [-0.2, -0.15) is 0 Å². The van der Waals surface area contributed by atoms with Crippen molar-refractivity contribution in [2.75, 3.05) is 29.9 Å². The van der Waals surface area contributed by atoms with Gasteiger partial charge in [-0.15, -0.1) is 0 Å². The lowest BCUT2D eigenvalue weighted by atomic mass is 9.89. The fraction of sp³-hybridized carbons (Fsp3) is 0.458. The van der Waals surface area contributed by atoms with E-state index in [4.69, 9.17) is 0 Å². The van der Waals surface area contributed by atoms with Crippen LogP contribution in [-0.4, -0.2) is 63.5 Å². The van der Waals surface area contributed by atoms with Crippen LogP contribution in [0.4, 0.5) is 5.69 Å². The molecule has 178 valence electrons. The minimum atomic E-state index is -3.85. The van der Waals surface area contributed by atoms with Gasteiger partial charge in [-0.3, -0.25) is 9.69 Å². The first-order chi connectivity index (χ1) is 15.6. The minimum Gasteiger partial charge on any atom is -0.326 e. The van der Waals surface area contributed by atoms with Gasteiger partial charge in [0, 0.05) is 18.7 Å². The number of sulfone groups is 2. The smallest absolute Gasteiger partial charge is 0.221 e. The van der Waals surface area contributed by atoms with Crippen molar-refractivity contribution in [2.24, 2.45) is 5.92 Å². The molecule has 0 aliphatic carbocycles. The number of carbonyl (C=O) groups excluding carboxylic acids is 1. The third-order valence-electron chi connectivity index (χ3n) is 6.66. The molecule has 2 aliphatic rings. The fourth-order valence-electron chi connectivity index (χ4n) is 4.98. The molecule has 0 radical (unpaired) electrons. The molecule has 2 aromatic carbocycles. The second kappa shape index (κ2) is 9.56. The summed E-state index contributed by atoms with van der Waals surface area (Å²) in [4.78, 5) is 13.4. The Balaban J connectivity index is 1.48. The number of hydrogen-bond donors (Lipinski definition) is 1. The van der Waals surface area contributed by atoms with Gasteiger partial charge in [0.2, 0.25) is 5.91 Å². The Morgan fingerprint density at radius 2 is 1.64 bits per heavy atom. The monoisotopic (exact) mass is 490 g/mol. The van der Waals surface area contributed by atoms with Gasteiger partial charge in [-0.25, -0.2) is 16.8 Å². The van der Waals surface area contributed by atoms with Crippen LogP contribution in [0.1, 0.15) is 25.3 Å². The molecule has 4 rings (SSSR count). The SMILES string of the molecule is CC(=O)Nc1ccc(S(=O)(=O)[C@H]2CS(=O)(=O)C[C@@H]2N2CCC(Cc3ccccc3)CC2)cc1. The number of rotatable bonds is 6. The average Bonchev–Trinajstić information content (AvgIpc) is 3.11. The molecule has 0 bridgehead atoms. The Morgan fingerprint density at radius 1 is 1.00 bits per heavy atom. The number of likely N-dealkylation sites (tertiary alicyclic amines) is 1. The molecule has 2 fully saturated rings. The van der Waals surface area contributed by atoms with E-state index in [1.165, 1.54) is 36.8 Å². The first kappa shape index (κ1) is 23.9. The molecular formula is C24H30N2O5S2. The molecule has 0 unspecified atom stereocenters. The summed E-state index contributed by atoms with van der Waals surface area (Å²) in [7, 11) is -7.30. The van der Waals surface area contributed by atoms with E-state index >= 15 is 0 Å². The van der Waals surface area contributed by atoms with E-state index in [0.29, 0.717) is 24.7 Å². The van der Waals surface area contributed by atoms with Crippen LogP contribution in [0.2, 0.25) is 0 Å². The van der Waals surface area contributed by atoms with Crippen LogP contribution in [0.25, 0.3) is 0 Å². The van der Waals surface area contributed by atoms with Gasteiger partial charge in [0.25, 0.3) is 0 Å². The fourth-order valence-corrected chi connectivity index (χ4v) is 9.81. The van der Waals surface area contributed by atoms with Gasteiger partial charge in [0.15, 0.2) is 19.7 Å². The van der Waals surface area contributed by atoms with Crippen molar-refractivity contribution in [2.45, 2.75) is 42.4 Å². The van der Waals surface area contributed by atoms with Gasteiger partial charge >= 0.3 is 0 Å². The summed E-state index contributed by atoms with van der Waals surface area (Å²) >= 11 is 0. The van der Waals surface area contributed by atoms with E-state index in [-0.39, 0.29) is 22.3 Å². The highest BCUT2D eigenvalue weighted by molar-refractivity contribution is 7.96. The van der Waals surface area contributed by atoms with Crippen molar-refractivity contribution in [1.29, 1.82) is 0 Å². The molecule has 1 N–H and O–H groups in total. The van der Waals surface area contributed by atoms with Crippen molar-refractivity contribution in [3.63, 3.8) is 0 Å². The van der Waals surface area contributed by atoms with Crippen molar-refractivity contribution in [3.05, 3.63) is 60.2 Å². The summed E-state index contributed by atoms with van der Waals surface area (Å²) in [6.07, 6.45) is 2.83. The number of piperidine rings is 1. The highest BCUT2D eigenvalue weighted by Gasteiger charge is 2.48. The molecule has 1 amide bonds. The number of nitrogens with zero attached hydrogens (tertiary/aromatic N) is 1. The van der Waals surface area contributed by atoms with Gasteiger partial charge < -0.3 is 5.32 Å². The molecule has 0 aromatic heterocycles. The van der Waals surface area contributed by atoms with Crippen LogP contribution in [0.15, 0.2) is 59.5 Å². The number of anilines is 1. The molecule has 2 saturated heterocycles. The van der Waals surface area contributed by atoms with Gasteiger partial charge in [-0.05, 0) is 68.1 Å². The first-order valence-electron chi connectivity index (χ1n) is 11.2. The van der Waals surface area contributed by atoms with Crippen LogP contribution in [0.3, 0.4) is 0 Å². The normalized spacial score (nSPS) is 23.9. The molecular weight excluding hydrogens is 460 g/mol. The Kier molecular flexibility index (Phi) is 6.93. The molecule has 0 spiro atoms. The molecule has 2 aromatic rings. The maximum absolute atomic E-state index is 13.4. The summed E-state index contributed by atoms with van der Waals surface area (Å²) in [5.74, 6) is -0.206. The highest BCUT2D eigenvalue weighted by Crippen LogP contribution is 2.32. The van der Waals surface area contributed by atoms with Crippen molar-refractivity contribution in [1.82, 2.24) is 4.90 Å². The van der Waals surface area contributed by atoms with Crippen molar-refractivity contribution >= 4 is 31.3 Å². The summed E-state index contributed by atoms with van der Waals surface area (Å²) in [5, 5.41) is 1.62. The molecule has 2 aliphatic heterocycles. The standard InChI is InChI=1S/C24H30N2O5S2/c1-18(27)25-21-7-9-22(10-8-21)33(30,31)24-17-32(28,29)16-23(24)26-13-11-20(12-14-26)15-19-5-3-2-4-6-19/h2-10,20,23-24H,11-17H2,1H3,(H,25,27)/t23-,24-/m0/s1. The number of nitrogens with one attached hydrogen (secondary N) is 1. The van der Waals surface area contributed by atoms with E-state index in [1.807, 2.05) is 18.2 Å². The van der Waals surface area contributed by atoms with Crippen molar-refractivity contribution < 1.29 is 21.6 Å². The van der Waals surface area contributed by atoms with Crippen LogP contribution in [0, 0.1) is 5.92 Å². The largest absolute Gasteiger partial charge is 0.326 e. The quantitative estimate of drug-likeness (QED) is 0.668. The Morgan fingerprint density at radius 3 is 2.24 bits per heavy atom. The molecule has 33 heavy (non-hydrogen) atoms. The number of carbonyl (C=O) groups is 1. The Labute approximate surface area is 196 Å². The molecule has 7 nitrogen and oxygen atoms in total. The Hall–Kier alpha value is -2.23. The van der Waals surface area contributed by atoms with Gasteiger partial charge in [0.1, 0.15) is 0 Å². The summed E-state index contributed by atoms with van der Waals surface area (Å²) in [6.45, 7) is 2.78. The minimum absolute atomic E-state index is 0.0858. The lowest BCUT2D eigenvalue weighted by Gasteiger charge is -2.37. The molecule has 0 saturated carbocycles. The predicted molar refractivity (Wildman–Crippen MR) is 129 cm³/mol. The molecule has 2 heterocycles. The predicted octanol–water partition coefficient (Wildman–Crippen LogP) is 2.54. The van der Waals surface area contributed by atoms with Crippen LogP contribution >= 0.6 is 0 Å². The zero-order valence-corrected chi connectivity index (χ0v) is 20.3. The van der Waals surface area contributed by atoms with E-state index in [0.717, 1.165) is 19.3 Å². The topological polar surface area (TPSA) is 101 Å². The number of benzene rings is 2.